The lowest BCUT2D eigenvalue weighted by Crippen LogP contribution is -2.51. The van der Waals surface area contributed by atoms with Crippen molar-refractivity contribution in [1.29, 1.82) is 0 Å². The van der Waals surface area contributed by atoms with Crippen molar-refractivity contribution in [1.82, 2.24) is 9.62 Å². The molecular formula is C28H40N2O8S. The van der Waals surface area contributed by atoms with E-state index in [9.17, 15) is 23.1 Å². The van der Waals surface area contributed by atoms with Crippen molar-refractivity contribution in [3.63, 3.8) is 0 Å². The minimum atomic E-state index is -3.98. The largest absolute Gasteiger partial charge is 0.497 e. The molecule has 2 atom stereocenters. The lowest BCUT2D eigenvalue weighted by Gasteiger charge is -2.31. The van der Waals surface area contributed by atoms with Crippen molar-refractivity contribution in [2.75, 3.05) is 33.9 Å². The van der Waals surface area contributed by atoms with Gasteiger partial charge in [0, 0.05) is 13.1 Å². The molecule has 0 fully saturated rings. The number of carbonyl (C=O) groups excluding carboxylic acids is 2. The van der Waals surface area contributed by atoms with Crippen LogP contribution in [0.5, 0.6) is 5.75 Å². The summed E-state index contributed by atoms with van der Waals surface area (Å²) in [6, 6.07) is 14.4. The SMILES string of the molecule is CCC(CC)CN(C[C@@H](O)C(Cc1ccccc1)NC(=O)OCCC(=O)OC)S(=O)(=O)c1ccc(OC)cc1. The summed E-state index contributed by atoms with van der Waals surface area (Å²) in [5.74, 6) is 0.0804. The maximum atomic E-state index is 13.7. The molecule has 11 heteroatoms. The first-order chi connectivity index (χ1) is 18.6. The molecule has 1 amide bonds. The van der Waals surface area contributed by atoms with Crippen molar-refractivity contribution in [2.45, 2.75) is 56.6 Å². The Morgan fingerprint density at radius 1 is 0.974 bits per heavy atom. The molecule has 0 aliphatic heterocycles. The Morgan fingerprint density at radius 2 is 1.62 bits per heavy atom. The Hall–Kier alpha value is -3.15. The van der Waals surface area contributed by atoms with Gasteiger partial charge in [-0.3, -0.25) is 4.79 Å². The van der Waals surface area contributed by atoms with E-state index in [1.54, 1.807) is 12.1 Å². The molecule has 0 heterocycles. The molecule has 0 spiro atoms. The van der Waals surface area contributed by atoms with Crippen LogP contribution >= 0.6 is 0 Å². The van der Waals surface area contributed by atoms with Gasteiger partial charge in [-0.15, -0.1) is 0 Å². The summed E-state index contributed by atoms with van der Waals surface area (Å²) in [4.78, 5) is 23.9. The van der Waals surface area contributed by atoms with E-state index in [1.165, 1.54) is 30.7 Å². The van der Waals surface area contributed by atoms with Crippen molar-refractivity contribution in [3.8, 4) is 5.75 Å². The average Bonchev–Trinajstić information content (AvgIpc) is 2.95. The van der Waals surface area contributed by atoms with Crippen molar-refractivity contribution >= 4 is 22.1 Å². The van der Waals surface area contributed by atoms with Crippen LogP contribution < -0.4 is 10.1 Å². The number of alkyl carbamates (subject to hydrolysis) is 1. The Kier molecular flexibility index (Phi) is 13.2. The highest BCUT2D eigenvalue weighted by molar-refractivity contribution is 7.89. The van der Waals surface area contributed by atoms with Crippen LogP contribution in [0, 0.1) is 5.92 Å². The molecule has 216 valence electrons. The summed E-state index contributed by atoms with van der Waals surface area (Å²) in [5.41, 5.74) is 0.834. The molecule has 0 saturated carbocycles. The van der Waals surface area contributed by atoms with Crippen LogP contribution in [-0.4, -0.2) is 76.0 Å². The zero-order valence-corrected chi connectivity index (χ0v) is 23.9. The summed E-state index contributed by atoms with van der Waals surface area (Å²) < 4.78 is 43.4. The molecule has 2 aromatic rings. The number of rotatable bonds is 16. The highest BCUT2D eigenvalue weighted by Crippen LogP contribution is 2.23. The van der Waals surface area contributed by atoms with Gasteiger partial charge in [-0.2, -0.15) is 4.31 Å². The Labute approximate surface area is 231 Å². The Balaban J connectivity index is 2.29. The predicted octanol–water partition coefficient (Wildman–Crippen LogP) is 3.38. The summed E-state index contributed by atoms with van der Waals surface area (Å²) >= 11 is 0. The summed E-state index contributed by atoms with van der Waals surface area (Å²) in [7, 11) is -1.24. The molecule has 0 aromatic heterocycles. The number of aliphatic hydroxyl groups excluding tert-OH is 1. The van der Waals surface area contributed by atoms with Crippen LogP contribution in [0.4, 0.5) is 4.79 Å². The first-order valence-corrected chi connectivity index (χ1v) is 14.4. The fourth-order valence-corrected chi connectivity index (χ4v) is 5.55. The number of ether oxygens (including phenoxy) is 3. The van der Waals surface area contributed by atoms with Crippen molar-refractivity contribution in [3.05, 3.63) is 60.2 Å². The molecule has 2 N–H and O–H groups in total. The Bertz CT molecular complexity index is 1120. The monoisotopic (exact) mass is 564 g/mol. The van der Waals surface area contributed by atoms with Gasteiger partial charge in [0.2, 0.25) is 10.0 Å². The van der Waals surface area contributed by atoms with Gasteiger partial charge in [0.1, 0.15) is 12.4 Å². The molecule has 39 heavy (non-hydrogen) atoms. The van der Waals surface area contributed by atoms with Gasteiger partial charge in [0.05, 0.1) is 37.7 Å². The standard InChI is InChI=1S/C28H40N2O8S/c1-5-21(6-2)19-30(39(34,35)24-14-12-23(36-3)13-15-24)20-26(31)25(18-22-10-8-7-9-11-22)29-28(33)38-17-16-27(32)37-4/h7-15,21,25-26,31H,5-6,16-20H2,1-4H3,(H,29,33)/t25?,26-/m1/s1. The number of carbonyl (C=O) groups is 2. The number of amides is 1. The quantitative estimate of drug-likeness (QED) is 0.297. The Morgan fingerprint density at radius 3 is 2.18 bits per heavy atom. The fraction of sp³-hybridized carbons (Fsp3) is 0.500. The number of methoxy groups -OCH3 is 2. The normalized spacial score (nSPS) is 13.1. The smallest absolute Gasteiger partial charge is 0.407 e. The van der Waals surface area contributed by atoms with E-state index in [0.29, 0.717) is 5.75 Å². The van der Waals surface area contributed by atoms with E-state index in [-0.39, 0.29) is 43.4 Å². The van der Waals surface area contributed by atoms with Gasteiger partial charge in [-0.25, -0.2) is 13.2 Å². The number of nitrogens with one attached hydrogen (secondary N) is 1. The topological polar surface area (TPSA) is 131 Å². The zero-order valence-electron chi connectivity index (χ0n) is 23.0. The number of esters is 1. The molecular weight excluding hydrogens is 524 g/mol. The maximum absolute atomic E-state index is 13.7. The predicted molar refractivity (Wildman–Crippen MR) is 147 cm³/mol. The van der Waals surface area contributed by atoms with Crippen LogP contribution in [0.25, 0.3) is 0 Å². The second-order valence-electron chi connectivity index (χ2n) is 9.15. The highest BCUT2D eigenvalue weighted by atomic mass is 32.2. The van der Waals surface area contributed by atoms with Crippen LogP contribution in [0.2, 0.25) is 0 Å². The van der Waals surface area contributed by atoms with E-state index in [0.717, 1.165) is 18.4 Å². The third-order valence-corrected chi connectivity index (χ3v) is 8.38. The second-order valence-corrected chi connectivity index (χ2v) is 11.1. The van der Waals surface area contributed by atoms with E-state index in [1.807, 2.05) is 44.2 Å². The lowest BCUT2D eigenvalue weighted by molar-refractivity contribution is -0.141. The summed E-state index contributed by atoms with van der Waals surface area (Å²) in [6.45, 7) is 3.75. The van der Waals surface area contributed by atoms with Crippen molar-refractivity contribution in [2.24, 2.45) is 5.92 Å². The number of hydrogen-bond donors (Lipinski definition) is 2. The van der Waals surface area contributed by atoms with Gasteiger partial charge in [-0.1, -0.05) is 57.0 Å². The number of sulfonamides is 1. The molecule has 2 aromatic carbocycles. The number of aliphatic hydroxyl groups is 1. The van der Waals surface area contributed by atoms with Gasteiger partial charge in [0.25, 0.3) is 0 Å². The van der Waals surface area contributed by atoms with Gasteiger partial charge < -0.3 is 24.6 Å². The molecule has 0 saturated heterocycles. The molecule has 0 radical (unpaired) electrons. The summed E-state index contributed by atoms with van der Waals surface area (Å²) in [6.07, 6.45) is -0.447. The third kappa shape index (κ3) is 10.2. The number of benzene rings is 2. The minimum Gasteiger partial charge on any atom is -0.497 e. The minimum absolute atomic E-state index is 0.0778. The molecule has 0 aliphatic rings. The van der Waals surface area contributed by atoms with Crippen LogP contribution in [0.1, 0.15) is 38.7 Å². The van der Waals surface area contributed by atoms with Crippen LogP contribution in [-0.2, 0) is 30.7 Å². The molecule has 2 rings (SSSR count). The molecule has 0 aliphatic carbocycles. The van der Waals surface area contributed by atoms with E-state index >= 15 is 0 Å². The highest BCUT2D eigenvalue weighted by Gasteiger charge is 2.32. The molecule has 10 nitrogen and oxygen atoms in total. The number of nitrogens with zero attached hydrogens (tertiary/aromatic N) is 1. The van der Waals surface area contributed by atoms with E-state index < -0.39 is 34.2 Å². The number of hydrogen-bond acceptors (Lipinski definition) is 8. The average molecular weight is 565 g/mol. The maximum Gasteiger partial charge on any atom is 0.407 e. The van der Waals surface area contributed by atoms with Gasteiger partial charge in [-0.05, 0) is 42.2 Å². The van der Waals surface area contributed by atoms with Gasteiger partial charge in [0.15, 0.2) is 0 Å². The second kappa shape index (κ2) is 16.1. The molecule has 0 bridgehead atoms. The summed E-state index contributed by atoms with van der Waals surface area (Å²) in [5, 5.41) is 14.0. The lowest BCUT2D eigenvalue weighted by atomic mass is 10.0. The van der Waals surface area contributed by atoms with E-state index in [2.05, 4.69) is 10.1 Å². The van der Waals surface area contributed by atoms with Crippen LogP contribution in [0.3, 0.4) is 0 Å². The van der Waals surface area contributed by atoms with Gasteiger partial charge >= 0.3 is 12.1 Å². The first kappa shape index (κ1) is 32.1. The zero-order chi connectivity index (χ0) is 28.8. The van der Waals surface area contributed by atoms with E-state index in [4.69, 9.17) is 9.47 Å². The van der Waals surface area contributed by atoms with Crippen LogP contribution in [0.15, 0.2) is 59.5 Å². The van der Waals surface area contributed by atoms with Crippen molar-refractivity contribution < 1.29 is 37.3 Å². The fourth-order valence-electron chi connectivity index (χ4n) is 4.01. The first-order valence-electron chi connectivity index (χ1n) is 13.0. The molecule has 1 unspecified atom stereocenters. The third-order valence-electron chi connectivity index (χ3n) is 6.54.